The minimum absolute atomic E-state index is 0.0429. The van der Waals surface area contributed by atoms with Crippen molar-refractivity contribution in [3.63, 3.8) is 0 Å². The number of nitrogens with zero attached hydrogens (tertiary/aromatic N) is 2. The van der Waals surface area contributed by atoms with E-state index in [0.29, 0.717) is 13.1 Å². The Morgan fingerprint density at radius 3 is 2.60 bits per heavy atom. The zero-order chi connectivity index (χ0) is 14.5. The molecule has 4 nitrogen and oxygen atoms in total. The number of aromatic nitrogens is 1. The van der Waals surface area contributed by atoms with Gasteiger partial charge in [-0.15, -0.1) is 0 Å². The average molecular weight is 274 g/mol. The van der Waals surface area contributed by atoms with Crippen molar-refractivity contribution in [2.75, 3.05) is 6.54 Å². The molecule has 0 saturated carbocycles. The smallest absolute Gasteiger partial charge is 0.257 e. The van der Waals surface area contributed by atoms with Gasteiger partial charge in [-0.2, -0.15) is 0 Å². The summed E-state index contributed by atoms with van der Waals surface area (Å²) in [7, 11) is 0. The first-order valence-electron chi connectivity index (χ1n) is 6.28. The Morgan fingerprint density at radius 2 is 2.00 bits per heavy atom. The molecule has 0 saturated heterocycles. The Bertz CT molecular complexity index is 602. The van der Waals surface area contributed by atoms with E-state index in [4.69, 9.17) is 0 Å². The molecular weight excluding hydrogens is 259 g/mol. The van der Waals surface area contributed by atoms with Gasteiger partial charge in [0.2, 0.25) is 0 Å². The first-order valence-corrected chi connectivity index (χ1v) is 6.28. The number of hydrogen-bond acceptors (Lipinski definition) is 3. The SMILES string of the molecule is CCN(Cc1ccncc1)C(=O)c1ccc(O)cc1F. The van der Waals surface area contributed by atoms with Crippen LogP contribution in [0.4, 0.5) is 4.39 Å². The summed E-state index contributed by atoms with van der Waals surface area (Å²) in [6.45, 7) is 2.68. The summed E-state index contributed by atoms with van der Waals surface area (Å²) in [5.74, 6) is -1.32. The second kappa shape index (κ2) is 6.14. The zero-order valence-corrected chi connectivity index (χ0v) is 11.1. The van der Waals surface area contributed by atoms with E-state index < -0.39 is 11.7 Å². The van der Waals surface area contributed by atoms with Crippen LogP contribution in [0.25, 0.3) is 0 Å². The van der Waals surface area contributed by atoms with Gasteiger partial charge in [0.1, 0.15) is 11.6 Å². The quantitative estimate of drug-likeness (QED) is 0.932. The van der Waals surface area contributed by atoms with Gasteiger partial charge < -0.3 is 10.0 Å². The maximum Gasteiger partial charge on any atom is 0.257 e. The van der Waals surface area contributed by atoms with E-state index in [1.54, 1.807) is 12.4 Å². The number of hydrogen-bond donors (Lipinski definition) is 1. The molecular formula is C15H15FN2O2. The van der Waals surface area contributed by atoms with Gasteiger partial charge in [0.25, 0.3) is 5.91 Å². The summed E-state index contributed by atoms with van der Waals surface area (Å²) in [5.41, 5.74) is 0.882. The van der Waals surface area contributed by atoms with Gasteiger partial charge in [-0.1, -0.05) is 0 Å². The second-order valence-electron chi connectivity index (χ2n) is 4.34. The van der Waals surface area contributed by atoms with Crippen LogP contribution in [0.15, 0.2) is 42.7 Å². The highest BCUT2D eigenvalue weighted by Gasteiger charge is 2.18. The van der Waals surface area contributed by atoms with Crippen LogP contribution < -0.4 is 0 Å². The molecule has 0 fully saturated rings. The molecule has 2 rings (SSSR count). The maximum atomic E-state index is 13.7. The highest BCUT2D eigenvalue weighted by atomic mass is 19.1. The van der Waals surface area contributed by atoms with E-state index in [9.17, 15) is 14.3 Å². The van der Waals surface area contributed by atoms with Gasteiger partial charge in [0.05, 0.1) is 5.56 Å². The average Bonchev–Trinajstić information content (AvgIpc) is 2.45. The second-order valence-corrected chi connectivity index (χ2v) is 4.34. The Balaban J connectivity index is 2.21. The normalized spacial score (nSPS) is 10.3. The number of pyridine rings is 1. The van der Waals surface area contributed by atoms with Crippen LogP contribution in [-0.4, -0.2) is 27.4 Å². The Labute approximate surface area is 116 Å². The number of halogens is 1. The molecule has 1 heterocycles. The lowest BCUT2D eigenvalue weighted by Crippen LogP contribution is -2.30. The van der Waals surface area contributed by atoms with Gasteiger partial charge in [-0.3, -0.25) is 9.78 Å². The molecule has 1 aromatic carbocycles. The van der Waals surface area contributed by atoms with Crippen LogP contribution in [0.1, 0.15) is 22.8 Å². The highest BCUT2D eigenvalue weighted by Crippen LogP contribution is 2.17. The van der Waals surface area contributed by atoms with Crippen LogP contribution >= 0.6 is 0 Å². The molecule has 0 radical (unpaired) electrons. The Hall–Kier alpha value is -2.43. The highest BCUT2D eigenvalue weighted by molar-refractivity contribution is 5.94. The van der Waals surface area contributed by atoms with E-state index in [2.05, 4.69) is 4.98 Å². The first kappa shape index (κ1) is 14.0. The number of rotatable bonds is 4. The molecule has 104 valence electrons. The largest absolute Gasteiger partial charge is 0.508 e. The number of aromatic hydroxyl groups is 1. The molecule has 2 aromatic rings. The van der Waals surface area contributed by atoms with E-state index >= 15 is 0 Å². The fourth-order valence-corrected chi connectivity index (χ4v) is 1.88. The third-order valence-electron chi connectivity index (χ3n) is 2.97. The fourth-order valence-electron chi connectivity index (χ4n) is 1.88. The number of phenols is 1. The summed E-state index contributed by atoms with van der Waals surface area (Å²) in [6.07, 6.45) is 3.30. The van der Waals surface area contributed by atoms with Gasteiger partial charge >= 0.3 is 0 Å². The van der Waals surface area contributed by atoms with Crippen molar-refractivity contribution in [2.45, 2.75) is 13.5 Å². The van der Waals surface area contributed by atoms with Gasteiger partial charge in [0.15, 0.2) is 0 Å². The van der Waals surface area contributed by atoms with Gasteiger partial charge in [-0.05, 0) is 36.8 Å². The number of carbonyl (C=O) groups excluding carboxylic acids is 1. The molecule has 5 heteroatoms. The van der Waals surface area contributed by atoms with Crippen molar-refractivity contribution in [2.24, 2.45) is 0 Å². The van der Waals surface area contributed by atoms with E-state index in [-0.39, 0.29) is 11.3 Å². The predicted octanol–water partition coefficient (Wildman–Crippen LogP) is 2.59. The first-order chi connectivity index (χ1) is 9.61. The molecule has 0 aliphatic carbocycles. The standard InChI is InChI=1S/C15H15FN2O2/c1-2-18(10-11-5-7-17-8-6-11)15(20)13-4-3-12(19)9-14(13)16/h3-9,19H,2,10H2,1H3. The lowest BCUT2D eigenvalue weighted by Gasteiger charge is -2.21. The van der Waals surface area contributed by atoms with E-state index in [1.807, 2.05) is 19.1 Å². The van der Waals surface area contributed by atoms with Crippen molar-refractivity contribution >= 4 is 5.91 Å². The summed E-state index contributed by atoms with van der Waals surface area (Å²) < 4.78 is 13.7. The Kier molecular flexibility index (Phi) is 4.30. The Morgan fingerprint density at radius 1 is 1.30 bits per heavy atom. The molecule has 0 unspecified atom stereocenters. The van der Waals surface area contributed by atoms with Crippen LogP contribution in [0, 0.1) is 5.82 Å². The van der Waals surface area contributed by atoms with Gasteiger partial charge in [-0.25, -0.2) is 4.39 Å². The van der Waals surface area contributed by atoms with Crippen molar-refractivity contribution in [1.82, 2.24) is 9.88 Å². The number of amides is 1. The third-order valence-corrected chi connectivity index (χ3v) is 2.97. The van der Waals surface area contributed by atoms with Crippen LogP contribution in [0.5, 0.6) is 5.75 Å². The van der Waals surface area contributed by atoms with Crippen molar-refractivity contribution in [3.8, 4) is 5.75 Å². The molecule has 1 aromatic heterocycles. The van der Waals surface area contributed by atoms with Crippen LogP contribution in [0.3, 0.4) is 0 Å². The topological polar surface area (TPSA) is 53.4 Å². The van der Waals surface area contributed by atoms with E-state index in [1.165, 1.54) is 17.0 Å². The molecule has 0 aliphatic rings. The predicted molar refractivity (Wildman–Crippen MR) is 72.7 cm³/mol. The van der Waals surface area contributed by atoms with Crippen LogP contribution in [0.2, 0.25) is 0 Å². The molecule has 0 aliphatic heterocycles. The fraction of sp³-hybridized carbons (Fsp3) is 0.200. The summed E-state index contributed by atoms with van der Waals surface area (Å²) in [6, 6.07) is 7.15. The summed E-state index contributed by atoms with van der Waals surface area (Å²) >= 11 is 0. The lowest BCUT2D eigenvalue weighted by molar-refractivity contribution is 0.0748. The molecule has 0 atom stereocenters. The summed E-state index contributed by atoms with van der Waals surface area (Å²) in [5, 5.41) is 9.18. The molecule has 20 heavy (non-hydrogen) atoms. The minimum atomic E-state index is -0.719. The summed E-state index contributed by atoms with van der Waals surface area (Å²) in [4.78, 5) is 17.7. The molecule has 1 amide bonds. The van der Waals surface area contributed by atoms with Crippen molar-refractivity contribution in [3.05, 3.63) is 59.7 Å². The lowest BCUT2D eigenvalue weighted by atomic mass is 10.1. The monoisotopic (exact) mass is 274 g/mol. The zero-order valence-electron chi connectivity index (χ0n) is 11.1. The van der Waals surface area contributed by atoms with E-state index in [0.717, 1.165) is 11.6 Å². The third kappa shape index (κ3) is 3.12. The number of benzene rings is 1. The maximum absolute atomic E-state index is 13.7. The van der Waals surface area contributed by atoms with Crippen LogP contribution in [-0.2, 0) is 6.54 Å². The van der Waals surface area contributed by atoms with Crippen molar-refractivity contribution in [1.29, 1.82) is 0 Å². The molecule has 0 spiro atoms. The van der Waals surface area contributed by atoms with Gasteiger partial charge in [0, 0.05) is 31.5 Å². The minimum Gasteiger partial charge on any atom is -0.508 e. The van der Waals surface area contributed by atoms with Crippen molar-refractivity contribution < 1.29 is 14.3 Å². The number of phenolic OH excluding ortho intramolecular Hbond substituents is 1. The molecule has 1 N–H and O–H groups in total. The number of carbonyl (C=O) groups is 1. The molecule has 0 bridgehead atoms.